The first-order valence-electron chi connectivity index (χ1n) is 7.56. The van der Waals surface area contributed by atoms with Gasteiger partial charge in [-0.25, -0.2) is 0 Å². The largest absolute Gasteiger partial charge is 0.374 e. The molecule has 1 aliphatic carbocycles. The van der Waals surface area contributed by atoms with Gasteiger partial charge in [0.2, 0.25) is 0 Å². The van der Waals surface area contributed by atoms with Crippen LogP contribution < -0.4 is 5.32 Å². The Bertz CT molecular complexity index is 348. The van der Waals surface area contributed by atoms with Crippen molar-refractivity contribution in [3.63, 3.8) is 0 Å². The highest BCUT2D eigenvalue weighted by Gasteiger charge is 2.53. The van der Waals surface area contributed by atoms with Crippen molar-refractivity contribution in [3.8, 4) is 0 Å². The zero-order valence-electron chi connectivity index (χ0n) is 11.1. The molecule has 4 fully saturated rings. The maximum Gasteiger partial charge on any atom is 0.194 e. The Labute approximate surface area is 109 Å². The van der Waals surface area contributed by atoms with Gasteiger partial charge in [-0.15, -0.1) is 0 Å². The van der Waals surface area contributed by atoms with Crippen molar-refractivity contribution in [2.75, 3.05) is 19.6 Å². The van der Waals surface area contributed by atoms with Crippen LogP contribution >= 0.6 is 0 Å². The van der Waals surface area contributed by atoms with Crippen LogP contribution in [0.25, 0.3) is 0 Å². The van der Waals surface area contributed by atoms with Crippen molar-refractivity contribution < 1.29 is 4.74 Å². The van der Waals surface area contributed by atoms with Crippen LogP contribution in [0.5, 0.6) is 0 Å². The molecule has 18 heavy (non-hydrogen) atoms. The van der Waals surface area contributed by atoms with Crippen molar-refractivity contribution in [1.29, 1.82) is 0 Å². The van der Waals surface area contributed by atoms with Gasteiger partial charge in [0.25, 0.3) is 0 Å². The summed E-state index contributed by atoms with van der Waals surface area (Å²) >= 11 is 0. The van der Waals surface area contributed by atoms with Crippen LogP contribution in [0.15, 0.2) is 4.99 Å². The first kappa shape index (κ1) is 11.1. The van der Waals surface area contributed by atoms with Crippen LogP contribution in [0.4, 0.5) is 0 Å². The number of aliphatic imine (C=N–C) groups is 1. The van der Waals surface area contributed by atoms with E-state index in [1.807, 2.05) is 0 Å². The Balaban J connectivity index is 1.47. The van der Waals surface area contributed by atoms with Crippen LogP contribution in [-0.2, 0) is 4.74 Å². The summed E-state index contributed by atoms with van der Waals surface area (Å²) in [6, 6.07) is 0.698. The lowest BCUT2D eigenvalue weighted by molar-refractivity contribution is 0.0767. The van der Waals surface area contributed by atoms with E-state index in [0.717, 1.165) is 37.4 Å². The normalized spacial score (nSPS) is 42.5. The Kier molecular flexibility index (Phi) is 2.54. The minimum absolute atomic E-state index is 0.550. The summed E-state index contributed by atoms with van der Waals surface area (Å²) in [7, 11) is 0. The molecule has 0 spiro atoms. The lowest BCUT2D eigenvalue weighted by Gasteiger charge is -2.23. The summed E-state index contributed by atoms with van der Waals surface area (Å²) in [4.78, 5) is 7.17. The second-order valence-electron chi connectivity index (χ2n) is 6.24. The fourth-order valence-corrected chi connectivity index (χ4v) is 3.93. The molecule has 0 radical (unpaired) electrons. The van der Waals surface area contributed by atoms with Gasteiger partial charge < -0.3 is 15.0 Å². The number of hydrogen-bond acceptors (Lipinski definition) is 2. The zero-order valence-corrected chi connectivity index (χ0v) is 11.1. The van der Waals surface area contributed by atoms with E-state index in [0.29, 0.717) is 18.2 Å². The van der Waals surface area contributed by atoms with E-state index in [1.165, 1.54) is 25.7 Å². The van der Waals surface area contributed by atoms with Gasteiger partial charge in [-0.05, 0) is 32.6 Å². The summed E-state index contributed by atoms with van der Waals surface area (Å²) in [6.07, 6.45) is 6.31. The average molecular weight is 249 g/mol. The van der Waals surface area contributed by atoms with Crippen LogP contribution in [0.3, 0.4) is 0 Å². The number of ether oxygens (including phenoxy) is 1. The zero-order chi connectivity index (χ0) is 12.1. The SMILES string of the molecule is CCN=C(NC1CC1)N1CC2C3CCC(O3)C2C1. The number of rotatable bonds is 2. The molecule has 0 aromatic carbocycles. The highest BCUT2D eigenvalue weighted by molar-refractivity contribution is 5.81. The van der Waals surface area contributed by atoms with Crippen molar-refractivity contribution in [3.05, 3.63) is 0 Å². The third-order valence-corrected chi connectivity index (χ3v) is 4.97. The molecule has 4 atom stereocenters. The summed E-state index contributed by atoms with van der Waals surface area (Å²) in [6.45, 7) is 5.32. The summed E-state index contributed by atoms with van der Waals surface area (Å²) in [5.74, 6) is 2.70. The quantitative estimate of drug-likeness (QED) is 0.590. The van der Waals surface area contributed by atoms with E-state index < -0.39 is 0 Å². The molecule has 0 amide bonds. The minimum Gasteiger partial charge on any atom is -0.374 e. The fraction of sp³-hybridized carbons (Fsp3) is 0.929. The summed E-state index contributed by atoms with van der Waals surface area (Å²) < 4.78 is 6.03. The number of nitrogens with one attached hydrogen (secondary N) is 1. The number of guanidine groups is 1. The second-order valence-corrected chi connectivity index (χ2v) is 6.24. The maximum atomic E-state index is 6.03. The smallest absolute Gasteiger partial charge is 0.194 e. The topological polar surface area (TPSA) is 36.9 Å². The second kappa shape index (κ2) is 4.12. The Morgan fingerprint density at radius 1 is 1.17 bits per heavy atom. The van der Waals surface area contributed by atoms with Crippen molar-refractivity contribution >= 4 is 5.96 Å². The van der Waals surface area contributed by atoms with E-state index in [-0.39, 0.29) is 0 Å². The van der Waals surface area contributed by atoms with Crippen LogP contribution in [-0.4, -0.2) is 48.7 Å². The van der Waals surface area contributed by atoms with Gasteiger partial charge in [-0.1, -0.05) is 0 Å². The first-order valence-corrected chi connectivity index (χ1v) is 7.56. The molecule has 0 aromatic rings. The molecule has 100 valence electrons. The molecule has 3 saturated heterocycles. The van der Waals surface area contributed by atoms with Crippen LogP contribution in [0.1, 0.15) is 32.6 Å². The van der Waals surface area contributed by atoms with Gasteiger partial charge >= 0.3 is 0 Å². The molecular weight excluding hydrogens is 226 g/mol. The van der Waals surface area contributed by atoms with E-state index >= 15 is 0 Å². The van der Waals surface area contributed by atoms with E-state index in [9.17, 15) is 0 Å². The number of nitrogens with zero attached hydrogens (tertiary/aromatic N) is 2. The predicted molar refractivity (Wildman–Crippen MR) is 70.6 cm³/mol. The predicted octanol–water partition coefficient (Wildman–Crippen LogP) is 1.22. The molecule has 1 N–H and O–H groups in total. The van der Waals surface area contributed by atoms with Gasteiger partial charge in [-0.2, -0.15) is 0 Å². The Morgan fingerprint density at radius 2 is 1.83 bits per heavy atom. The van der Waals surface area contributed by atoms with E-state index in [4.69, 9.17) is 4.74 Å². The summed E-state index contributed by atoms with van der Waals surface area (Å²) in [5, 5.41) is 3.61. The van der Waals surface area contributed by atoms with Gasteiger partial charge in [0.1, 0.15) is 0 Å². The number of hydrogen-bond donors (Lipinski definition) is 1. The minimum atomic E-state index is 0.550. The van der Waals surface area contributed by atoms with Gasteiger partial charge in [0.05, 0.1) is 12.2 Å². The van der Waals surface area contributed by atoms with Crippen LogP contribution in [0.2, 0.25) is 0 Å². The van der Waals surface area contributed by atoms with Crippen LogP contribution in [0, 0.1) is 11.8 Å². The molecule has 3 heterocycles. The fourth-order valence-electron chi connectivity index (χ4n) is 3.93. The molecule has 4 aliphatic rings. The summed E-state index contributed by atoms with van der Waals surface area (Å²) in [5.41, 5.74) is 0. The lowest BCUT2D eigenvalue weighted by atomic mass is 9.82. The standard InChI is InChI=1S/C14H23N3O/c1-2-15-14(16-9-3-4-9)17-7-10-11(8-17)13-6-5-12(10)18-13/h9-13H,2-8H2,1H3,(H,15,16). The van der Waals surface area contributed by atoms with Gasteiger partial charge in [-0.3, -0.25) is 4.99 Å². The lowest BCUT2D eigenvalue weighted by Crippen LogP contribution is -2.42. The van der Waals surface area contributed by atoms with E-state index in [1.54, 1.807) is 0 Å². The molecule has 0 aromatic heterocycles. The highest BCUT2D eigenvalue weighted by atomic mass is 16.5. The van der Waals surface area contributed by atoms with Crippen molar-refractivity contribution in [1.82, 2.24) is 10.2 Å². The van der Waals surface area contributed by atoms with Gasteiger partial charge in [0, 0.05) is 37.5 Å². The Hall–Kier alpha value is -0.770. The molecule has 4 rings (SSSR count). The number of likely N-dealkylation sites (tertiary alicyclic amines) is 1. The molecule has 1 saturated carbocycles. The maximum absolute atomic E-state index is 6.03. The molecule has 4 nitrogen and oxygen atoms in total. The molecule has 4 unspecified atom stereocenters. The van der Waals surface area contributed by atoms with Crippen molar-refractivity contribution in [2.45, 2.75) is 50.9 Å². The molecule has 3 aliphatic heterocycles. The molecular formula is C14H23N3O. The highest BCUT2D eigenvalue weighted by Crippen LogP contribution is 2.47. The molecule has 4 heteroatoms. The monoisotopic (exact) mass is 249 g/mol. The third-order valence-electron chi connectivity index (χ3n) is 4.97. The first-order chi connectivity index (χ1) is 8.85. The van der Waals surface area contributed by atoms with Crippen molar-refractivity contribution in [2.24, 2.45) is 16.8 Å². The Morgan fingerprint density at radius 3 is 2.39 bits per heavy atom. The average Bonchev–Trinajstić information content (AvgIpc) is 2.82. The molecule has 2 bridgehead atoms. The van der Waals surface area contributed by atoms with Gasteiger partial charge in [0.15, 0.2) is 5.96 Å². The van der Waals surface area contributed by atoms with E-state index in [2.05, 4.69) is 22.1 Å². The number of fused-ring (bicyclic) bond motifs is 5. The third kappa shape index (κ3) is 1.73.